The van der Waals surface area contributed by atoms with Gasteiger partial charge in [0, 0.05) is 30.6 Å². The Bertz CT molecular complexity index is 560. The number of H-pyrrole nitrogens is 1. The first-order valence-corrected chi connectivity index (χ1v) is 7.20. The topological polar surface area (TPSA) is 31.9 Å². The number of nitrogens with one attached hydrogen (secondary N) is 1. The maximum atomic E-state index is 4.51. The number of hydrogen-bond donors (Lipinski definition) is 1. The average Bonchev–Trinajstić information content (AvgIpc) is 2.92. The molecule has 2 heterocycles. The summed E-state index contributed by atoms with van der Waals surface area (Å²) in [4.78, 5) is 10.5. The summed E-state index contributed by atoms with van der Waals surface area (Å²) < 4.78 is 0. The maximum Gasteiger partial charge on any atom is 0.0925 e. The minimum absolute atomic E-state index is 0.687. The zero-order valence-corrected chi connectivity index (χ0v) is 11.0. The highest BCUT2D eigenvalue weighted by Crippen LogP contribution is 2.38. The van der Waals surface area contributed by atoms with Crippen molar-refractivity contribution in [3.8, 4) is 0 Å². The van der Waals surface area contributed by atoms with Crippen LogP contribution in [0.15, 0.2) is 36.7 Å². The number of benzene rings is 1. The van der Waals surface area contributed by atoms with Crippen molar-refractivity contribution in [2.45, 2.75) is 37.8 Å². The maximum absolute atomic E-state index is 4.51. The van der Waals surface area contributed by atoms with E-state index in [0.29, 0.717) is 12.0 Å². The smallest absolute Gasteiger partial charge is 0.0925 e. The molecule has 1 N–H and O–H groups in total. The third-order valence-corrected chi connectivity index (χ3v) is 4.64. The van der Waals surface area contributed by atoms with E-state index in [2.05, 4.69) is 45.2 Å². The van der Waals surface area contributed by atoms with Gasteiger partial charge in [-0.05, 0) is 24.9 Å². The van der Waals surface area contributed by atoms with Crippen molar-refractivity contribution in [3.05, 3.63) is 53.6 Å². The van der Waals surface area contributed by atoms with Crippen molar-refractivity contribution in [3.63, 3.8) is 0 Å². The highest BCUT2D eigenvalue weighted by Gasteiger charge is 2.36. The molecule has 1 saturated heterocycles. The van der Waals surface area contributed by atoms with E-state index in [-0.39, 0.29) is 0 Å². The van der Waals surface area contributed by atoms with Crippen molar-refractivity contribution in [1.82, 2.24) is 14.9 Å². The number of hydrogen-bond acceptors (Lipinski definition) is 2. The van der Waals surface area contributed by atoms with E-state index in [9.17, 15) is 0 Å². The predicted molar refractivity (Wildman–Crippen MR) is 74.9 cm³/mol. The number of imidazole rings is 1. The van der Waals surface area contributed by atoms with Gasteiger partial charge in [0.15, 0.2) is 0 Å². The zero-order valence-electron chi connectivity index (χ0n) is 11.0. The highest BCUT2D eigenvalue weighted by molar-refractivity contribution is 5.24. The molecular weight excluding hydrogens is 234 g/mol. The summed E-state index contributed by atoms with van der Waals surface area (Å²) in [5.74, 6) is 0.687. The van der Waals surface area contributed by atoms with Crippen LogP contribution in [0.5, 0.6) is 0 Å². The quantitative estimate of drug-likeness (QED) is 0.892. The van der Waals surface area contributed by atoms with Crippen LogP contribution < -0.4 is 0 Å². The highest BCUT2D eigenvalue weighted by atomic mass is 15.2. The van der Waals surface area contributed by atoms with E-state index >= 15 is 0 Å². The Morgan fingerprint density at radius 1 is 1.26 bits per heavy atom. The largest absolute Gasteiger partial charge is 0.348 e. The monoisotopic (exact) mass is 253 g/mol. The number of piperidine rings is 1. The normalized spacial score (nSPS) is 26.1. The summed E-state index contributed by atoms with van der Waals surface area (Å²) in [6, 6.07) is 11.5. The van der Waals surface area contributed by atoms with Gasteiger partial charge < -0.3 is 4.98 Å². The molecule has 3 nitrogen and oxygen atoms in total. The second-order valence-electron chi connectivity index (χ2n) is 5.80. The second kappa shape index (κ2) is 4.49. The van der Waals surface area contributed by atoms with Crippen LogP contribution in [-0.2, 0) is 13.0 Å². The predicted octanol–water partition coefficient (Wildman–Crippen LogP) is 2.71. The van der Waals surface area contributed by atoms with Gasteiger partial charge in [0.1, 0.15) is 0 Å². The molecule has 1 aliphatic carbocycles. The third-order valence-electron chi connectivity index (χ3n) is 4.64. The lowest BCUT2D eigenvalue weighted by molar-refractivity contribution is 0.115. The van der Waals surface area contributed by atoms with E-state index in [0.717, 1.165) is 13.0 Å². The molecule has 19 heavy (non-hydrogen) atoms. The van der Waals surface area contributed by atoms with Crippen LogP contribution in [0, 0.1) is 0 Å². The van der Waals surface area contributed by atoms with Crippen LogP contribution in [0.1, 0.15) is 35.7 Å². The van der Waals surface area contributed by atoms with E-state index in [1.54, 1.807) is 0 Å². The summed E-state index contributed by atoms with van der Waals surface area (Å²) in [7, 11) is 0. The fraction of sp³-hybridized carbons (Fsp3) is 0.438. The molecule has 2 aromatic rings. The first kappa shape index (κ1) is 11.2. The third kappa shape index (κ3) is 1.98. The van der Waals surface area contributed by atoms with Gasteiger partial charge in [-0.1, -0.05) is 30.3 Å². The summed E-state index contributed by atoms with van der Waals surface area (Å²) in [5, 5.41) is 0. The molecule has 0 spiro atoms. The fourth-order valence-corrected chi connectivity index (χ4v) is 3.67. The van der Waals surface area contributed by atoms with Gasteiger partial charge in [-0.25, -0.2) is 4.98 Å². The Hall–Kier alpha value is -1.61. The molecule has 4 rings (SSSR count). The molecule has 1 aliphatic heterocycles. The molecule has 2 bridgehead atoms. The molecule has 1 fully saturated rings. The molecule has 98 valence electrons. The molecule has 1 unspecified atom stereocenters. The molecule has 2 aliphatic rings. The van der Waals surface area contributed by atoms with Crippen molar-refractivity contribution >= 4 is 0 Å². The zero-order chi connectivity index (χ0) is 12.7. The number of rotatable bonds is 2. The van der Waals surface area contributed by atoms with Crippen LogP contribution in [-0.4, -0.2) is 27.5 Å². The lowest BCUT2D eigenvalue weighted by atomic mass is 9.80. The Kier molecular flexibility index (Phi) is 2.66. The van der Waals surface area contributed by atoms with Crippen LogP contribution in [0.25, 0.3) is 0 Å². The van der Waals surface area contributed by atoms with Crippen LogP contribution in [0.4, 0.5) is 0 Å². The lowest BCUT2D eigenvalue weighted by Crippen LogP contribution is -2.45. The Balaban J connectivity index is 1.55. The molecular formula is C16H19N3. The molecule has 0 amide bonds. The number of aromatic nitrogens is 2. The van der Waals surface area contributed by atoms with E-state index in [4.69, 9.17) is 0 Å². The number of fused-ring (bicyclic) bond motifs is 4. The molecule has 1 aromatic carbocycles. The number of likely N-dealkylation sites (tertiary alicyclic amines) is 1. The van der Waals surface area contributed by atoms with Gasteiger partial charge in [0.05, 0.1) is 12.0 Å². The van der Waals surface area contributed by atoms with Crippen molar-refractivity contribution in [2.24, 2.45) is 0 Å². The molecule has 2 atom stereocenters. The van der Waals surface area contributed by atoms with Gasteiger partial charge in [0.2, 0.25) is 0 Å². The summed E-state index contributed by atoms with van der Waals surface area (Å²) in [5.41, 5.74) is 4.14. The standard InChI is InChI=1S/C16H19N3/c1-2-4-12(5-3-1)10-19-7-6-13-8-14(19)9-15-16(13)18-11-17-15/h1-5,11,13-14H,6-10H2,(H,17,18)/t13?,14-/m0/s1. The molecule has 1 aromatic heterocycles. The number of aromatic amines is 1. The van der Waals surface area contributed by atoms with Crippen LogP contribution in [0.2, 0.25) is 0 Å². The molecule has 0 radical (unpaired) electrons. The molecule has 0 saturated carbocycles. The van der Waals surface area contributed by atoms with Crippen LogP contribution in [0.3, 0.4) is 0 Å². The fourth-order valence-electron chi connectivity index (χ4n) is 3.67. The lowest BCUT2D eigenvalue weighted by Gasteiger charge is -2.42. The SMILES string of the molecule is c1ccc(CN2CCC3C[C@H]2Cc2[nH]cnc23)cc1. The Labute approximate surface area is 113 Å². The summed E-state index contributed by atoms with van der Waals surface area (Å²) >= 11 is 0. The van der Waals surface area contributed by atoms with E-state index < -0.39 is 0 Å². The second-order valence-corrected chi connectivity index (χ2v) is 5.80. The van der Waals surface area contributed by atoms with Crippen molar-refractivity contribution in [2.75, 3.05) is 6.54 Å². The van der Waals surface area contributed by atoms with Gasteiger partial charge in [-0.15, -0.1) is 0 Å². The summed E-state index contributed by atoms with van der Waals surface area (Å²) in [6.07, 6.45) is 5.54. The van der Waals surface area contributed by atoms with Crippen molar-refractivity contribution in [1.29, 1.82) is 0 Å². The van der Waals surface area contributed by atoms with Gasteiger partial charge in [0.25, 0.3) is 0 Å². The minimum atomic E-state index is 0.687. The summed E-state index contributed by atoms with van der Waals surface area (Å²) in [6.45, 7) is 2.29. The van der Waals surface area contributed by atoms with E-state index in [1.165, 1.54) is 36.3 Å². The minimum Gasteiger partial charge on any atom is -0.348 e. The van der Waals surface area contributed by atoms with Crippen LogP contribution >= 0.6 is 0 Å². The van der Waals surface area contributed by atoms with Crippen molar-refractivity contribution < 1.29 is 0 Å². The Morgan fingerprint density at radius 2 is 2.16 bits per heavy atom. The first-order chi connectivity index (χ1) is 9.40. The van der Waals surface area contributed by atoms with E-state index in [1.807, 2.05) is 6.33 Å². The van der Waals surface area contributed by atoms with Gasteiger partial charge >= 0.3 is 0 Å². The number of nitrogens with zero attached hydrogens (tertiary/aromatic N) is 2. The molecule has 3 heteroatoms. The average molecular weight is 253 g/mol. The van der Waals surface area contributed by atoms with Gasteiger partial charge in [-0.2, -0.15) is 0 Å². The van der Waals surface area contributed by atoms with Gasteiger partial charge in [-0.3, -0.25) is 4.90 Å². The Morgan fingerprint density at radius 3 is 3.05 bits per heavy atom. The first-order valence-electron chi connectivity index (χ1n) is 7.20.